The van der Waals surface area contributed by atoms with Crippen molar-refractivity contribution >= 4 is 5.97 Å². The third-order valence-electron chi connectivity index (χ3n) is 1.78. The van der Waals surface area contributed by atoms with Crippen molar-refractivity contribution in [2.24, 2.45) is 0 Å². The first kappa shape index (κ1) is 12.6. The fourth-order valence-corrected chi connectivity index (χ4v) is 1.05. The van der Waals surface area contributed by atoms with Crippen molar-refractivity contribution in [1.29, 1.82) is 0 Å². The maximum absolute atomic E-state index is 10.7. The van der Waals surface area contributed by atoms with E-state index in [0.717, 1.165) is 24.8 Å². The third kappa shape index (κ3) is 4.54. The van der Waals surface area contributed by atoms with Gasteiger partial charge in [0.15, 0.2) is 6.10 Å². The van der Waals surface area contributed by atoms with Crippen molar-refractivity contribution in [1.82, 2.24) is 0 Å². The summed E-state index contributed by atoms with van der Waals surface area (Å²) in [5.74, 6) is 2.03. The molecule has 0 fully saturated rings. The molecule has 0 amide bonds. The first-order chi connectivity index (χ1) is 6.65. The molecule has 0 aromatic carbocycles. The molecule has 0 rings (SSSR count). The minimum Gasteiger partial charge on any atom is -0.444 e. The van der Waals surface area contributed by atoms with Crippen molar-refractivity contribution in [3.05, 3.63) is 17.9 Å². The molecule has 0 saturated heterocycles. The van der Waals surface area contributed by atoms with E-state index in [-0.39, 0.29) is 5.97 Å². The Morgan fingerprint density at radius 2 is 2.29 bits per heavy atom. The second-order valence-corrected chi connectivity index (χ2v) is 2.96. The Morgan fingerprint density at radius 3 is 2.64 bits per heavy atom. The predicted octanol–water partition coefficient (Wildman–Crippen LogP) is 2.45. The van der Waals surface area contributed by atoms with Crippen molar-refractivity contribution in [2.45, 2.75) is 39.2 Å². The highest BCUT2D eigenvalue weighted by molar-refractivity contribution is 5.67. The summed E-state index contributed by atoms with van der Waals surface area (Å²) in [6.45, 7) is 6.96. The molecule has 0 bridgehead atoms. The van der Waals surface area contributed by atoms with Crippen molar-refractivity contribution in [3.63, 3.8) is 0 Å². The van der Waals surface area contributed by atoms with E-state index < -0.39 is 6.10 Å². The number of ether oxygens (including phenoxy) is 1. The highest BCUT2D eigenvalue weighted by Crippen LogP contribution is 2.13. The molecule has 0 aliphatic heterocycles. The zero-order valence-electron chi connectivity index (χ0n) is 8.80. The molecule has 0 heterocycles. The highest BCUT2D eigenvalue weighted by Gasteiger charge is 2.13. The Kier molecular flexibility index (Phi) is 6.28. The standard InChI is InChI=1S/C12H16O2/c1-5-8-9-11(6-2)12(7-3)14-10(4)13/h3,12H,2,5,8-9H2,1,4H3/t12-/m1/s1. The summed E-state index contributed by atoms with van der Waals surface area (Å²) in [7, 11) is 0. The molecule has 1 atom stereocenters. The van der Waals surface area contributed by atoms with E-state index >= 15 is 0 Å². The molecule has 2 heteroatoms. The summed E-state index contributed by atoms with van der Waals surface area (Å²) >= 11 is 0. The molecule has 14 heavy (non-hydrogen) atoms. The fraction of sp³-hybridized carbons (Fsp3) is 0.500. The van der Waals surface area contributed by atoms with Gasteiger partial charge in [0.05, 0.1) is 0 Å². The lowest BCUT2D eigenvalue weighted by Gasteiger charge is -2.12. The van der Waals surface area contributed by atoms with Crippen molar-refractivity contribution in [3.8, 4) is 12.3 Å². The zero-order valence-corrected chi connectivity index (χ0v) is 8.80. The van der Waals surface area contributed by atoms with Gasteiger partial charge in [0, 0.05) is 12.5 Å². The van der Waals surface area contributed by atoms with Gasteiger partial charge in [-0.1, -0.05) is 25.8 Å². The third-order valence-corrected chi connectivity index (χ3v) is 1.78. The van der Waals surface area contributed by atoms with Gasteiger partial charge in [0.1, 0.15) is 0 Å². The topological polar surface area (TPSA) is 26.3 Å². The van der Waals surface area contributed by atoms with Gasteiger partial charge in [0.2, 0.25) is 0 Å². The summed E-state index contributed by atoms with van der Waals surface area (Å²) in [6.07, 6.45) is 7.49. The van der Waals surface area contributed by atoms with Crippen LogP contribution in [0.5, 0.6) is 0 Å². The van der Waals surface area contributed by atoms with Crippen LogP contribution < -0.4 is 0 Å². The van der Waals surface area contributed by atoms with Crippen LogP contribution >= 0.6 is 0 Å². The Labute approximate surface area is 85.6 Å². The van der Waals surface area contributed by atoms with Crippen LogP contribution in [0.2, 0.25) is 0 Å². The average Bonchev–Trinajstić information content (AvgIpc) is 2.16. The Morgan fingerprint density at radius 1 is 1.64 bits per heavy atom. The SMILES string of the molecule is C#C[C@@H](OC(C)=O)C(=C=C)CCCC. The maximum atomic E-state index is 10.7. The van der Waals surface area contributed by atoms with Crippen LogP contribution in [0.1, 0.15) is 33.1 Å². The van der Waals surface area contributed by atoms with Gasteiger partial charge in [-0.25, -0.2) is 0 Å². The van der Waals surface area contributed by atoms with Gasteiger partial charge < -0.3 is 4.74 Å². The van der Waals surface area contributed by atoms with Gasteiger partial charge in [-0.3, -0.25) is 4.79 Å². The van der Waals surface area contributed by atoms with Crippen molar-refractivity contribution in [2.75, 3.05) is 0 Å². The summed E-state index contributed by atoms with van der Waals surface area (Å²) in [4.78, 5) is 10.7. The number of carbonyl (C=O) groups excluding carboxylic acids is 1. The van der Waals surface area contributed by atoms with Crippen LogP contribution in [-0.2, 0) is 9.53 Å². The normalized spacial score (nSPS) is 10.9. The highest BCUT2D eigenvalue weighted by atomic mass is 16.5. The molecule has 0 aromatic heterocycles. The lowest BCUT2D eigenvalue weighted by Crippen LogP contribution is -2.16. The fourth-order valence-electron chi connectivity index (χ4n) is 1.05. The summed E-state index contributed by atoms with van der Waals surface area (Å²) < 4.78 is 4.94. The van der Waals surface area contributed by atoms with Crippen molar-refractivity contribution < 1.29 is 9.53 Å². The number of hydrogen-bond acceptors (Lipinski definition) is 2. The molecule has 0 unspecified atom stereocenters. The molecule has 0 aliphatic rings. The maximum Gasteiger partial charge on any atom is 0.304 e. The van der Waals surface area contributed by atoms with E-state index in [2.05, 4.69) is 25.2 Å². The lowest BCUT2D eigenvalue weighted by molar-refractivity contribution is -0.142. The quantitative estimate of drug-likeness (QED) is 0.380. The molecule has 76 valence electrons. The first-order valence-electron chi connectivity index (χ1n) is 4.67. The molecule has 0 radical (unpaired) electrons. The zero-order chi connectivity index (χ0) is 11.0. The molecule has 0 aromatic rings. The van der Waals surface area contributed by atoms with E-state index in [1.165, 1.54) is 6.92 Å². The van der Waals surface area contributed by atoms with Gasteiger partial charge in [-0.15, -0.1) is 12.2 Å². The van der Waals surface area contributed by atoms with Gasteiger partial charge >= 0.3 is 5.97 Å². The van der Waals surface area contributed by atoms with E-state index in [9.17, 15) is 4.79 Å². The Bertz CT molecular complexity index is 277. The number of carbonyl (C=O) groups is 1. The van der Waals surface area contributed by atoms with Crippen LogP contribution in [0.15, 0.2) is 17.9 Å². The van der Waals surface area contributed by atoms with E-state index in [4.69, 9.17) is 11.2 Å². The molecule has 2 nitrogen and oxygen atoms in total. The average molecular weight is 192 g/mol. The number of unbranched alkanes of at least 4 members (excludes halogenated alkanes) is 1. The smallest absolute Gasteiger partial charge is 0.304 e. The monoisotopic (exact) mass is 192 g/mol. The molecule has 0 aliphatic carbocycles. The first-order valence-corrected chi connectivity index (χ1v) is 4.67. The minimum absolute atomic E-state index is 0.378. The number of terminal acetylenes is 1. The molecule has 0 spiro atoms. The number of esters is 1. The molecule has 0 saturated carbocycles. The summed E-state index contributed by atoms with van der Waals surface area (Å²) in [5, 5.41) is 0. The number of rotatable bonds is 5. The Balaban J connectivity index is 4.41. The largest absolute Gasteiger partial charge is 0.444 e. The van der Waals surface area contributed by atoms with E-state index in [1.807, 2.05) is 0 Å². The van der Waals surface area contributed by atoms with Crippen LogP contribution in [0, 0.1) is 12.3 Å². The molecular weight excluding hydrogens is 176 g/mol. The van der Waals surface area contributed by atoms with Crippen LogP contribution in [0.4, 0.5) is 0 Å². The van der Waals surface area contributed by atoms with Crippen LogP contribution in [0.25, 0.3) is 0 Å². The second kappa shape index (κ2) is 7.00. The van der Waals surface area contributed by atoms with Crippen LogP contribution in [0.3, 0.4) is 0 Å². The number of hydrogen-bond donors (Lipinski definition) is 0. The summed E-state index contributed by atoms with van der Waals surface area (Å²) in [6, 6.07) is 0. The minimum atomic E-state index is -0.600. The molecular formula is C12H16O2. The Hall–Kier alpha value is -1.45. The van der Waals surface area contributed by atoms with Gasteiger partial charge in [0.25, 0.3) is 0 Å². The van der Waals surface area contributed by atoms with Gasteiger partial charge in [-0.05, 0) is 12.8 Å². The second-order valence-electron chi connectivity index (χ2n) is 2.96. The predicted molar refractivity (Wildman–Crippen MR) is 56.6 cm³/mol. The summed E-state index contributed by atoms with van der Waals surface area (Å²) in [5.41, 5.74) is 3.52. The van der Waals surface area contributed by atoms with E-state index in [0.29, 0.717) is 0 Å². The lowest BCUT2D eigenvalue weighted by atomic mass is 10.0. The van der Waals surface area contributed by atoms with Crippen LogP contribution in [-0.4, -0.2) is 12.1 Å². The molecule has 0 N–H and O–H groups in total. The van der Waals surface area contributed by atoms with Gasteiger partial charge in [-0.2, -0.15) is 0 Å². The van der Waals surface area contributed by atoms with E-state index in [1.54, 1.807) is 0 Å².